The highest BCUT2D eigenvalue weighted by Crippen LogP contribution is 2.35. The number of nitrogens with zero attached hydrogens (tertiary/aromatic N) is 3. The number of rotatable bonds is 8. The number of carbonyl (C=O) groups is 2. The summed E-state index contributed by atoms with van der Waals surface area (Å²) in [4.78, 5) is 35.6. The maximum absolute atomic E-state index is 14.9. The second-order valence-electron chi connectivity index (χ2n) is 11.5. The van der Waals surface area contributed by atoms with Gasteiger partial charge < -0.3 is 25.0 Å². The van der Waals surface area contributed by atoms with Crippen molar-refractivity contribution >= 4 is 17.9 Å². The van der Waals surface area contributed by atoms with E-state index in [9.17, 15) is 14.0 Å². The van der Waals surface area contributed by atoms with E-state index in [1.807, 2.05) is 65.0 Å². The molecule has 3 heterocycles. The summed E-state index contributed by atoms with van der Waals surface area (Å²) in [5, 5.41) is 6.15. The molecule has 9 nitrogen and oxygen atoms in total. The summed E-state index contributed by atoms with van der Waals surface area (Å²) in [5.74, 6) is -1.32. The van der Waals surface area contributed by atoms with E-state index in [1.54, 1.807) is 4.90 Å². The minimum atomic E-state index is -0.758. The number of hydrogen-bond donors (Lipinski definition) is 2. The zero-order chi connectivity index (χ0) is 28.2. The predicted octanol–water partition coefficient (Wildman–Crippen LogP) is 4.50. The summed E-state index contributed by atoms with van der Waals surface area (Å²) < 4.78 is 26.5. The van der Waals surface area contributed by atoms with Gasteiger partial charge in [-0.05, 0) is 58.9 Å². The average Bonchev–Trinajstić information content (AvgIpc) is 3.29. The Hall–Kier alpha value is -3.27. The molecule has 2 saturated heterocycles. The Morgan fingerprint density at radius 3 is 2.56 bits per heavy atom. The molecular formula is C29H40FN5O4. The van der Waals surface area contributed by atoms with Crippen molar-refractivity contribution in [3.63, 3.8) is 0 Å². The summed E-state index contributed by atoms with van der Waals surface area (Å²) in [7, 11) is 0. The molecule has 4 atom stereocenters. The number of carbonyl (C=O) groups excluding carboxylic acids is 2. The molecule has 1 unspecified atom stereocenters. The molecule has 1 aromatic carbocycles. The van der Waals surface area contributed by atoms with E-state index >= 15 is 0 Å². The van der Waals surface area contributed by atoms with Gasteiger partial charge in [0.25, 0.3) is 0 Å². The van der Waals surface area contributed by atoms with Crippen LogP contribution in [-0.2, 0) is 20.9 Å². The highest BCUT2D eigenvalue weighted by Gasteiger charge is 2.43. The Bertz CT molecular complexity index is 1130. The van der Waals surface area contributed by atoms with Gasteiger partial charge in [-0.1, -0.05) is 30.3 Å². The second kappa shape index (κ2) is 12.3. The second-order valence-corrected chi connectivity index (χ2v) is 11.5. The lowest BCUT2D eigenvalue weighted by atomic mass is 9.87. The highest BCUT2D eigenvalue weighted by molar-refractivity contribution is 5.86. The first-order valence-electron chi connectivity index (χ1n) is 13.7. The third-order valence-electron chi connectivity index (χ3n) is 7.50. The number of halogens is 1. The molecular weight excluding hydrogens is 501 g/mol. The highest BCUT2D eigenvalue weighted by atomic mass is 19.1. The van der Waals surface area contributed by atoms with Crippen molar-refractivity contribution in [1.29, 1.82) is 0 Å². The van der Waals surface area contributed by atoms with Crippen molar-refractivity contribution in [2.24, 2.45) is 11.8 Å². The Morgan fingerprint density at radius 2 is 1.90 bits per heavy atom. The zero-order valence-corrected chi connectivity index (χ0v) is 23.4. The third kappa shape index (κ3) is 7.44. The van der Waals surface area contributed by atoms with Gasteiger partial charge in [0, 0.05) is 31.6 Å². The monoisotopic (exact) mass is 541 g/mol. The van der Waals surface area contributed by atoms with Crippen molar-refractivity contribution in [1.82, 2.24) is 20.2 Å². The van der Waals surface area contributed by atoms with Gasteiger partial charge in [-0.3, -0.25) is 4.79 Å². The molecule has 0 bridgehead atoms. The van der Waals surface area contributed by atoms with Crippen LogP contribution in [0.15, 0.2) is 36.5 Å². The van der Waals surface area contributed by atoms with Crippen LogP contribution in [0.2, 0.25) is 0 Å². The fourth-order valence-electron chi connectivity index (χ4n) is 5.43. The number of hydrogen-bond acceptors (Lipinski definition) is 7. The summed E-state index contributed by atoms with van der Waals surface area (Å²) in [6, 6.07) is 9.60. The Balaban J connectivity index is 1.34. The molecule has 2 N–H and O–H groups in total. The van der Waals surface area contributed by atoms with Gasteiger partial charge in [-0.2, -0.15) is 0 Å². The van der Waals surface area contributed by atoms with Crippen LogP contribution in [-0.4, -0.2) is 64.2 Å². The fourth-order valence-corrected chi connectivity index (χ4v) is 5.43. The molecule has 1 aromatic heterocycles. The van der Waals surface area contributed by atoms with Gasteiger partial charge in [0.05, 0.1) is 29.5 Å². The van der Waals surface area contributed by atoms with E-state index in [-0.39, 0.29) is 54.2 Å². The van der Waals surface area contributed by atoms with Gasteiger partial charge in [-0.25, -0.2) is 19.2 Å². The van der Waals surface area contributed by atoms with Crippen LogP contribution < -0.4 is 10.6 Å². The summed E-state index contributed by atoms with van der Waals surface area (Å²) >= 11 is 0. The number of ether oxygens (including phenoxy) is 2. The van der Waals surface area contributed by atoms with Crippen molar-refractivity contribution in [3.05, 3.63) is 53.6 Å². The number of benzene rings is 1. The molecule has 2 aromatic rings. The molecule has 2 aliphatic rings. The van der Waals surface area contributed by atoms with E-state index in [2.05, 4.69) is 20.6 Å². The van der Waals surface area contributed by atoms with Crippen LogP contribution in [0.5, 0.6) is 0 Å². The molecule has 212 valence electrons. The molecule has 2 fully saturated rings. The molecule has 2 aliphatic heterocycles. The predicted molar refractivity (Wildman–Crippen MR) is 146 cm³/mol. The molecule has 4 rings (SSSR count). The quantitative estimate of drug-likeness (QED) is 0.507. The van der Waals surface area contributed by atoms with Crippen LogP contribution in [0.1, 0.15) is 64.6 Å². The van der Waals surface area contributed by atoms with Crippen LogP contribution in [0, 0.1) is 17.7 Å². The number of amides is 2. The molecule has 2 amide bonds. The fraction of sp³-hybridized carbons (Fsp3) is 0.586. The van der Waals surface area contributed by atoms with Crippen molar-refractivity contribution in [3.8, 4) is 0 Å². The SMILES string of the molecule is C[C@H](Nc1ncc(F)c([C@@H]2C(=O)NCC2[C@H](C)OC(C)(C)C)n1)C1CCN(C(=O)OCc2ccccc2)CC1. The van der Waals surface area contributed by atoms with Crippen LogP contribution in [0.3, 0.4) is 0 Å². The molecule has 39 heavy (non-hydrogen) atoms. The normalized spacial score (nSPS) is 21.8. The number of aromatic nitrogens is 2. The summed E-state index contributed by atoms with van der Waals surface area (Å²) in [5.41, 5.74) is 0.644. The summed E-state index contributed by atoms with van der Waals surface area (Å²) in [6.45, 7) is 11.6. The van der Waals surface area contributed by atoms with Crippen LogP contribution >= 0.6 is 0 Å². The lowest BCUT2D eigenvalue weighted by molar-refractivity contribution is -0.122. The minimum Gasteiger partial charge on any atom is -0.445 e. The maximum Gasteiger partial charge on any atom is 0.410 e. The van der Waals surface area contributed by atoms with Gasteiger partial charge in [0.15, 0.2) is 5.82 Å². The molecule has 0 radical (unpaired) electrons. The average molecular weight is 542 g/mol. The van der Waals surface area contributed by atoms with E-state index in [0.717, 1.165) is 24.6 Å². The van der Waals surface area contributed by atoms with Crippen molar-refractivity contribution in [2.45, 2.75) is 77.7 Å². The lowest BCUT2D eigenvalue weighted by Crippen LogP contribution is -2.42. The Labute approximate surface area is 229 Å². The minimum absolute atomic E-state index is 0.0119. The van der Waals surface area contributed by atoms with Crippen molar-refractivity contribution in [2.75, 3.05) is 25.0 Å². The lowest BCUT2D eigenvalue weighted by Gasteiger charge is -2.34. The smallest absolute Gasteiger partial charge is 0.410 e. The van der Waals surface area contributed by atoms with Crippen molar-refractivity contribution < 1.29 is 23.5 Å². The number of piperidine rings is 1. The molecule has 0 aliphatic carbocycles. The number of nitrogens with one attached hydrogen (secondary N) is 2. The van der Waals surface area contributed by atoms with E-state index in [0.29, 0.717) is 19.6 Å². The third-order valence-corrected chi connectivity index (χ3v) is 7.50. The first-order valence-corrected chi connectivity index (χ1v) is 13.7. The van der Waals surface area contributed by atoms with Crippen LogP contribution in [0.25, 0.3) is 0 Å². The number of likely N-dealkylation sites (tertiary alicyclic amines) is 1. The molecule has 0 saturated carbocycles. The first-order chi connectivity index (χ1) is 18.5. The first kappa shape index (κ1) is 28.7. The van der Waals surface area contributed by atoms with Gasteiger partial charge >= 0.3 is 6.09 Å². The standard InChI is InChI=1S/C29H40FN5O4/c1-18(21-11-13-35(14-12-21)28(37)38-17-20-9-7-6-8-10-20)33-27-32-16-23(30)25(34-27)24-22(15-31-26(24)36)19(2)39-29(3,4)5/h6-10,16,18-19,21-22,24H,11-15,17H2,1-5H3,(H,31,36)(H,32,33,34)/t18-,19-,22?,24+/m0/s1. The van der Waals surface area contributed by atoms with Gasteiger partial charge in [0.1, 0.15) is 6.61 Å². The molecule has 0 spiro atoms. The van der Waals surface area contributed by atoms with Gasteiger partial charge in [0.2, 0.25) is 11.9 Å². The zero-order valence-electron chi connectivity index (χ0n) is 23.4. The molecule has 10 heteroatoms. The Kier molecular flexibility index (Phi) is 9.04. The van der Waals surface area contributed by atoms with E-state index in [1.165, 1.54) is 0 Å². The topological polar surface area (TPSA) is 106 Å². The van der Waals surface area contributed by atoms with E-state index in [4.69, 9.17) is 9.47 Å². The van der Waals surface area contributed by atoms with Gasteiger partial charge in [-0.15, -0.1) is 0 Å². The summed E-state index contributed by atoms with van der Waals surface area (Å²) in [6.07, 6.45) is 2.12. The van der Waals surface area contributed by atoms with E-state index < -0.39 is 17.3 Å². The number of anilines is 1. The van der Waals surface area contributed by atoms with Crippen LogP contribution in [0.4, 0.5) is 15.1 Å². The largest absolute Gasteiger partial charge is 0.445 e. The Morgan fingerprint density at radius 1 is 1.21 bits per heavy atom. The maximum atomic E-state index is 14.9.